The topological polar surface area (TPSA) is 90.9 Å². The van der Waals surface area contributed by atoms with Crippen molar-refractivity contribution < 1.29 is 14.3 Å². The molecule has 0 radical (unpaired) electrons. The zero-order valence-electron chi connectivity index (χ0n) is 18.7. The van der Waals surface area contributed by atoms with E-state index in [9.17, 15) is 9.59 Å². The van der Waals surface area contributed by atoms with E-state index in [-0.39, 0.29) is 17.9 Å². The number of amides is 2. The maximum Gasteiger partial charge on any atom is 0.273 e. The van der Waals surface area contributed by atoms with Gasteiger partial charge in [0.1, 0.15) is 11.5 Å². The van der Waals surface area contributed by atoms with Crippen LogP contribution in [0.25, 0.3) is 0 Å². The van der Waals surface area contributed by atoms with Crippen LogP contribution in [0.2, 0.25) is 0 Å². The average molecular weight is 437 g/mol. The molecule has 0 aliphatic carbocycles. The molecular formula is C23H28N6O3. The molecule has 0 bridgehead atoms. The van der Waals surface area contributed by atoms with Crippen molar-refractivity contribution in [2.45, 2.75) is 39.8 Å². The molecule has 5 rings (SSSR count). The van der Waals surface area contributed by atoms with Crippen LogP contribution < -0.4 is 15.1 Å². The van der Waals surface area contributed by atoms with Crippen LogP contribution in [-0.2, 0) is 22.5 Å². The number of morpholine rings is 1. The van der Waals surface area contributed by atoms with E-state index < -0.39 is 0 Å². The van der Waals surface area contributed by atoms with Crippen molar-refractivity contribution in [1.82, 2.24) is 14.9 Å². The lowest BCUT2D eigenvalue weighted by atomic mass is 10.1. The van der Waals surface area contributed by atoms with Gasteiger partial charge in [0, 0.05) is 49.5 Å². The predicted molar refractivity (Wildman–Crippen MR) is 122 cm³/mol. The molecule has 1 aromatic heterocycles. The van der Waals surface area contributed by atoms with Crippen molar-refractivity contribution >= 4 is 35.0 Å². The van der Waals surface area contributed by atoms with Crippen LogP contribution in [0.3, 0.4) is 0 Å². The Hall–Kier alpha value is -3.20. The fraction of sp³-hybridized carbons (Fsp3) is 0.478. The van der Waals surface area contributed by atoms with Crippen molar-refractivity contribution in [2.24, 2.45) is 0 Å². The third-order valence-corrected chi connectivity index (χ3v) is 6.33. The number of carbonyl (C=O) groups is 2. The Morgan fingerprint density at radius 3 is 2.66 bits per heavy atom. The Morgan fingerprint density at radius 2 is 1.94 bits per heavy atom. The smallest absolute Gasteiger partial charge is 0.273 e. The molecule has 2 amide bonds. The van der Waals surface area contributed by atoms with E-state index in [1.165, 1.54) is 0 Å². The highest BCUT2D eigenvalue weighted by molar-refractivity contribution is 5.99. The summed E-state index contributed by atoms with van der Waals surface area (Å²) in [6.45, 7) is 9.38. The molecule has 9 nitrogen and oxygen atoms in total. The van der Waals surface area contributed by atoms with Gasteiger partial charge in [-0.3, -0.25) is 9.59 Å². The Bertz CT molecular complexity index is 1080. The Morgan fingerprint density at radius 1 is 1.16 bits per heavy atom. The van der Waals surface area contributed by atoms with E-state index in [1.54, 1.807) is 11.8 Å². The molecule has 0 unspecified atom stereocenters. The lowest BCUT2D eigenvalue weighted by molar-refractivity contribution is -0.116. The van der Waals surface area contributed by atoms with E-state index in [2.05, 4.69) is 21.3 Å². The van der Waals surface area contributed by atoms with E-state index in [4.69, 9.17) is 9.72 Å². The number of rotatable bonds is 4. The van der Waals surface area contributed by atoms with Gasteiger partial charge in [-0.2, -0.15) is 4.98 Å². The molecule has 32 heavy (non-hydrogen) atoms. The maximum absolute atomic E-state index is 13.1. The first-order valence-electron chi connectivity index (χ1n) is 11.1. The van der Waals surface area contributed by atoms with Gasteiger partial charge in [-0.25, -0.2) is 4.98 Å². The van der Waals surface area contributed by atoms with Gasteiger partial charge in [-0.1, -0.05) is 6.07 Å². The highest BCUT2D eigenvalue weighted by Gasteiger charge is 2.35. The quantitative estimate of drug-likeness (QED) is 0.787. The number of benzene rings is 1. The Kier molecular flexibility index (Phi) is 5.21. The first-order chi connectivity index (χ1) is 15.4. The molecule has 1 aromatic carbocycles. The Balaban J connectivity index is 1.53. The normalized spacial score (nSPS) is 17.8. The number of hydrogen-bond donors (Lipinski definition) is 1. The van der Waals surface area contributed by atoms with Gasteiger partial charge in [0.15, 0.2) is 0 Å². The monoisotopic (exact) mass is 436 g/mol. The fourth-order valence-corrected chi connectivity index (χ4v) is 4.52. The van der Waals surface area contributed by atoms with Gasteiger partial charge < -0.3 is 24.8 Å². The second-order valence-corrected chi connectivity index (χ2v) is 8.71. The van der Waals surface area contributed by atoms with Crippen LogP contribution in [0.5, 0.6) is 0 Å². The lowest BCUT2D eigenvalue weighted by Gasteiger charge is -2.27. The van der Waals surface area contributed by atoms with E-state index in [0.717, 1.165) is 28.9 Å². The molecule has 168 valence electrons. The predicted octanol–water partition coefficient (Wildman–Crippen LogP) is 2.33. The Labute approximate surface area is 187 Å². The third kappa shape index (κ3) is 3.56. The molecule has 9 heteroatoms. The summed E-state index contributed by atoms with van der Waals surface area (Å²) in [5, 5.41) is 3.43. The van der Waals surface area contributed by atoms with Gasteiger partial charge in [0.25, 0.3) is 5.91 Å². The number of hydrogen-bond acceptors (Lipinski definition) is 7. The first-order valence-corrected chi connectivity index (χ1v) is 11.1. The van der Waals surface area contributed by atoms with Crippen molar-refractivity contribution in [2.75, 3.05) is 48.0 Å². The molecule has 3 aliphatic rings. The van der Waals surface area contributed by atoms with Gasteiger partial charge >= 0.3 is 0 Å². The molecule has 0 spiro atoms. The van der Waals surface area contributed by atoms with Gasteiger partial charge in [-0.15, -0.1) is 0 Å². The van der Waals surface area contributed by atoms with Crippen molar-refractivity contribution in [3.05, 3.63) is 35.0 Å². The second-order valence-electron chi connectivity index (χ2n) is 8.71. The van der Waals surface area contributed by atoms with Crippen molar-refractivity contribution in [3.63, 3.8) is 0 Å². The number of ether oxygens (including phenoxy) is 1. The first kappa shape index (κ1) is 20.7. The second kappa shape index (κ2) is 8.05. The summed E-state index contributed by atoms with van der Waals surface area (Å²) in [6.07, 6.45) is 0.858. The number of aromatic nitrogens is 2. The number of nitrogens with zero attached hydrogens (tertiary/aromatic N) is 5. The summed E-state index contributed by atoms with van der Waals surface area (Å²) in [6, 6.07) is 6.11. The minimum atomic E-state index is -0.0633. The summed E-state index contributed by atoms with van der Waals surface area (Å²) in [4.78, 5) is 40.2. The SMILES string of the molecule is CC(=O)N1CCc2ccc(Nc3nc(N4CCOCC4)nc4c3CN(C(C)C)C4=O)cc21. The summed E-state index contributed by atoms with van der Waals surface area (Å²) in [7, 11) is 0. The minimum Gasteiger partial charge on any atom is -0.378 e. The molecule has 2 aromatic rings. The van der Waals surface area contributed by atoms with Crippen molar-refractivity contribution in [3.8, 4) is 0 Å². The summed E-state index contributed by atoms with van der Waals surface area (Å²) < 4.78 is 5.46. The molecule has 0 atom stereocenters. The summed E-state index contributed by atoms with van der Waals surface area (Å²) >= 11 is 0. The van der Waals surface area contributed by atoms with Crippen LogP contribution in [0.15, 0.2) is 18.2 Å². The van der Waals surface area contributed by atoms with E-state index >= 15 is 0 Å². The van der Waals surface area contributed by atoms with Crippen LogP contribution in [-0.4, -0.2) is 65.6 Å². The maximum atomic E-state index is 13.1. The number of anilines is 4. The summed E-state index contributed by atoms with van der Waals surface area (Å²) in [5.41, 5.74) is 4.20. The molecule has 1 fully saturated rings. The van der Waals surface area contributed by atoms with Gasteiger partial charge in [-0.05, 0) is 38.0 Å². The van der Waals surface area contributed by atoms with Crippen LogP contribution in [0.4, 0.5) is 23.1 Å². The highest BCUT2D eigenvalue weighted by atomic mass is 16.5. The average Bonchev–Trinajstić information content (AvgIpc) is 3.36. The molecular weight excluding hydrogens is 408 g/mol. The molecule has 1 saturated heterocycles. The van der Waals surface area contributed by atoms with E-state index in [1.807, 2.05) is 30.9 Å². The molecule has 3 aliphatic heterocycles. The largest absolute Gasteiger partial charge is 0.378 e. The third-order valence-electron chi connectivity index (χ3n) is 6.33. The van der Waals surface area contributed by atoms with Crippen LogP contribution in [0.1, 0.15) is 42.4 Å². The minimum absolute atomic E-state index is 0.0385. The number of carbonyl (C=O) groups excluding carboxylic acids is 2. The van der Waals surface area contributed by atoms with Crippen molar-refractivity contribution in [1.29, 1.82) is 0 Å². The summed E-state index contributed by atoms with van der Waals surface area (Å²) in [5.74, 6) is 1.16. The highest BCUT2D eigenvalue weighted by Crippen LogP contribution is 2.35. The number of fused-ring (bicyclic) bond motifs is 2. The molecule has 4 heterocycles. The van der Waals surface area contributed by atoms with Crippen LogP contribution >= 0.6 is 0 Å². The standard InChI is InChI=1S/C23H28N6O3/c1-14(2)29-13-18-20(22(29)31)25-23(27-8-10-32-11-9-27)26-21(18)24-17-5-4-16-6-7-28(15(3)30)19(16)12-17/h4-5,12,14H,6-11,13H2,1-3H3,(H,24,25,26). The molecule has 0 saturated carbocycles. The van der Waals surface area contributed by atoms with E-state index in [0.29, 0.717) is 56.9 Å². The van der Waals surface area contributed by atoms with Gasteiger partial charge in [0.2, 0.25) is 11.9 Å². The van der Waals surface area contributed by atoms with Crippen LogP contribution in [0, 0.1) is 0 Å². The van der Waals surface area contributed by atoms with Gasteiger partial charge in [0.05, 0.1) is 19.8 Å². The number of nitrogens with one attached hydrogen (secondary N) is 1. The lowest BCUT2D eigenvalue weighted by Crippen LogP contribution is -2.37. The molecule has 1 N–H and O–H groups in total. The zero-order valence-corrected chi connectivity index (χ0v) is 18.7. The zero-order chi connectivity index (χ0) is 22.4. The fourth-order valence-electron chi connectivity index (χ4n) is 4.52.